The first-order chi connectivity index (χ1) is 9.99. The van der Waals surface area contributed by atoms with Crippen LogP contribution in [-0.2, 0) is 13.6 Å². The highest BCUT2D eigenvalue weighted by molar-refractivity contribution is 6.02. The standard InChI is InChI=1S/C13H20N6O2/c1-17(2)5-6-19-9-10(8-14-19)15-13(20)11-7-12(21-4)18(3)16-11/h7-9H,5-6H2,1-4H3,(H,15,20). The van der Waals surface area contributed by atoms with Gasteiger partial charge in [-0.2, -0.15) is 10.2 Å². The first-order valence-electron chi connectivity index (χ1n) is 6.56. The number of carbonyl (C=O) groups is 1. The number of aromatic nitrogens is 4. The molecular weight excluding hydrogens is 272 g/mol. The monoisotopic (exact) mass is 292 g/mol. The molecule has 0 unspecified atom stereocenters. The minimum absolute atomic E-state index is 0.291. The van der Waals surface area contributed by atoms with Gasteiger partial charge in [0.15, 0.2) is 5.69 Å². The van der Waals surface area contributed by atoms with Crippen LogP contribution in [0.5, 0.6) is 5.88 Å². The van der Waals surface area contributed by atoms with Gasteiger partial charge in [0.05, 0.1) is 25.5 Å². The Morgan fingerprint density at radius 1 is 1.48 bits per heavy atom. The smallest absolute Gasteiger partial charge is 0.276 e. The summed E-state index contributed by atoms with van der Waals surface area (Å²) in [5, 5.41) is 11.1. The van der Waals surface area contributed by atoms with E-state index in [4.69, 9.17) is 4.74 Å². The number of amides is 1. The number of nitrogens with zero attached hydrogens (tertiary/aromatic N) is 5. The van der Waals surface area contributed by atoms with Crippen molar-refractivity contribution < 1.29 is 9.53 Å². The number of nitrogens with one attached hydrogen (secondary N) is 1. The lowest BCUT2D eigenvalue weighted by Crippen LogP contribution is -2.18. The molecule has 0 aliphatic heterocycles. The van der Waals surface area contributed by atoms with Crippen molar-refractivity contribution in [1.29, 1.82) is 0 Å². The summed E-state index contributed by atoms with van der Waals surface area (Å²) in [6, 6.07) is 1.59. The van der Waals surface area contributed by atoms with E-state index >= 15 is 0 Å². The van der Waals surface area contributed by atoms with Gasteiger partial charge in [-0.05, 0) is 14.1 Å². The minimum Gasteiger partial charge on any atom is -0.481 e. The van der Waals surface area contributed by atoms with Gasteiger partial charge in [-0.3, -0.25) is 9.48 Å². The number of ether oxygens (including phenoxy) is 1. The SMILES string of the molecule is COc1cc(C(=O)Nc2cnn(CCN(C)C)c2)nn1C. The predicted octanol–water partition coefficient (Wildman–Crippen LogP) is 0.439. The van der Waals surface area contributed by atoms with Crippen LogP contribution in [0.3, 0.4) is 0 Å². The van der Waals surface area contributed by atoms with Gasteiger partial charge in [0.2, 0.25) is 5.88 Å². The van der Waals surface area contributed by atoms with Gasteiger partial charge in [0, 0.05) is 25.9 Å². The second-order valence-electron chi connectivity index (χ2n) is 4.95. The van der Waals surface area contributed by atoms with Crippen LogP contribution in [0.15, 0.2) is 18.5 Å². The number of hydrogen-bond donors (Lipinski definition) is 1. The van der Waals surface area contributed by atoms with Gasteiger partial charge >= 0.3 is 0 Å². The molecule has 0 saturated heterocycles. The summed E-state index contributed by atoms with van der Waals surface area (Å²) in [7, 11) is 7.25. The molecular formula is C13H20N6O2. The number of methoxy groups -OCH3 is 1. The van der Waals surface area contributed by atoms with Crippen LogP contribution >= 0.6 is 0 Å². The highest BCUT2D eigenvalue weighted by Crippen LogP contribution is 2.13. The maximum absolute atomic E-state index is 12.1. The lowest BCUT2D eigenvalue weighted by Gasteiger charge is -2.08. The molecule has 114 valence electrons. The molecule has 21 heavy (non-hydrogen) atoms. The Kier molecular flexibility index (Phi) is 4.59. The van der Waals surface area contributed by atoms with E-state index < -0.39 is 0 Å². The zero-order valence-electron chi connectivity index (χ0n) is 12.7. The van der Waals surface area contributed by atoms with Gasteiger partial charge in [0.1, 0.15) is 0 Å². The highest BCUT2D eigenvalue weighted by atomic mass is 16.5. The molecule has 0 aliphatic rings. The Hall–Kier alpha value is -2.35. The van der Waals surface area contributed by atoms with Crippen LogP contribution in [0.25, 0.3) is 0 Å². The summed E-state index contributed by atoms with van der Waals surface area (Å²) < 4.78 is 8.38. The summed E-state index contributed by atoms with van der Waals surface area (Å²) in [4.78, 5) is 14.2. The number of rotatable bonds is 6. The van der Waals surface area contributed by atoms with Crippen molar-refractivity contribution >= 4 is 11.6 Å². The summed E-state index contributed by atoms with van der Waals surface area (Å²) in [6.45, 7) is 1.65. The second-order valence-corrected chi connectivity index (χ2v) is 4.95. The van der Waals surface area contributed by atoms with Gasteiger partial charge in [-0.25, -0.2) is 4.68 Å². The zero-order chi connectivity index (χ0) is 15.4. The second kappa shape index (κ2) is 6.40. The van der Waals surface area contributed by atoms with Crippen LogP contribution in [0.2, 0.25) is 0 Å². The molecule has 0 saturated carbocycles. The van der Waals surface area contributed by atoms with Crippen molar-refractivity contribution in [2.45, 2.75) is 6.54 Å². The van der Waals surface area contributed by atoms with Gasteiger partial charge in [-0.1, -0.05) is 0 Å². The first kappa shape index (κ1) is 15.0. The van der Waals surface area contributed by atoms with Crippen molar-refractivity contribution in [3.8, 4) is 5.88 Å². The van der Waals surface area contributed by atoms with Crippen LogP contribution in [0, 0.1) is 0 Å². The quantitative estimate of drug-likeness (QED) is 0.836. The Morgan fingerprint density at radius 3 is 2.86 bits per heavy atom. The third kappa shape index (κ3) is 3.82. The van der Waals surface area contributed by atoms with E-state index in [9.17, 15) is 4.79 Å². The van der Waals surface area contributed by atoms with E-state index in [1.165, 1.54) is 11.8 Å². The fourth-order valence-electron chi connectivity index (χ4n) is 1.80. The highest BCUT2D eigenvalue weighted by Gasteiger charge is 2.14. The number of likely N-dealkylation sites (N-methyl/N-ethyl adjacent to an activating group) is 1. The van der Waals surface area contributed by atoms with Crippen molar-refractivity contribution in [3.05, 3.63) is 24.2 Å². The van der Waals surface area contributed by atoms with Crippen molar-refractivity contribution in [3.63, 3.8) is 0 Å². The number of aryl methyl sites for hydroxylation is 1. The van der Waals surface area contributed by atoms with Crippen LogP contribution in [0.4, 0.5) is 5.69 Å². The summed E-state index contributed by atoms with van der Waals surface area (Å²) >= 11 is 0. The minimum atomic E-state index is -0.291. The fraction of sp³-hybridized carbons (Fsp3) is 0.462. The third-order valence-corrected chi connectivity index (χ3v) is 2.95. The number of hydrogen-bond acceptors (Lipinski definition) is 5. The van der Waals surface area contributed by atoms with Crippen molar-refractivity contribution in [2.24, 2.45) is 7.05 Å². The molecule has 1 N–H and O–H groups in total. The summed E-state index contributed by atoms with van der Waals surface area (Å²) in [5.41, 5.74) is 0.943. The molecule has 2 aromatic rings. The van der Waals surface area contributed by atoms with E-state index in [0.29, 0.717) is 17.3 Å². The number of anilines is 1. The topological polar surface area (TPSA) is 77.2 Å². The molecule has 8 heteroatoms. The van der Waals surface area contributed by atoms with Gasteiger partial charge < -0.3 is 15.0 Å². The van der Waals surface area contributed by atoms with E-state index in [1.54, 1.807) is 30.2 Å². The molecule has 1 amide bonds. The molecule has 2 aromatic heterocycles. The number of carbonyl (C=O) groups excluding carboxylic acids is 1. The third-order valence-electron chi connectivity index (χ3n) is 2.95. The molecule has 2 rings (SSSR count). The van der Waals surface area contributed by atoms with Crippen LogP contribution in [0.1, 0.15) is 10.5 Å². The van der Waals surface area contributed by atoms with Gasteiger partial charge in [-0.15, -0.1) is 0 Å². The normalized spacial score (nSPS) is 10.9. The average Bonchev–Trinajstić information content (AvgIpc) is 3.02. The van der Waals surface area contributed by atoms with Crippen LogP contribution in [-0.4, -0.2) is 58.1 Å². The lowest BCUT2D eigenvalue weighted by molar-refractivity contribution is 0.102. The molecule has 0 fully saturated rings. The molecule has 8 nitrogen and oxygen atoms in total. The Balaban J connectivity index is 1.99. The van der Waals surface area contributed by atoms with E-state index in [1.807, 2.05) is 14.1 Å². The lowest BCUT2D eigenvalue weighted by atomic mass is 10.4. The largest absolute Gasteiger partial charge is 0.481 e. The Bertz CT molecular complexity index is 616. The van der Waals surface area contributed by atoms with Crippen LogP contribution < -0.4 is 10.1 Å². The molecule has 0 spiro atoms. The molecule has 0 aromatic carbocycles. The van der Waals surface area contributed by atoms with E-state index in [-0.39, 0.29) is 5.91 Å². The predicted molar refractivity (Wildman–Crippen MR) is 78.5 cm³/mol. The van der Waals surface area contributed by atoms with E-state index in [2.05, 4.69) is 20.4 Å². The first-order valence-corrected chi connectivity index (χ1v) is 6.56. The molecule has 0 atom stereocenters. The molecule has 0 radical (unpaired) electrons. The fourth-order valence-corrected chi connectivity index (χ4v) is 1.80. The molecule has 2 heterocycles. The zero-order valence-corrected chi connectivity index (χ0v) is 12.7. The average molecular weight is 292 g/mol. The summed E-state index contributed by atoms with van der Waals surface area (Å²) in [5.74, 6) is 0.239. The van der Waals surface area contributed by atoms with E-state index in [0.717, 1.165) is 13.1 Å². The maximum Gasteiger partial charge on any atom is 0.276 e. The van der Waals surface area contributed by atoms with Gasteiger partial charge in [0.25, 0.3) is 5.91 Å². The Labute approximate surface area is 123 Å². The van der Waals surface area contributed by atoms with Crippen molar-refractivity contribution in [1.82, 2.24) is 24.5 Å². The van der Waals surface area contributed by atoms with Crippen molar-refractivity contribution in [2.75, 3.05) is 33.1 Å². The Morgan fingerprint density at radius 2 is 2.24 bits per heavy atom. The molecule has 0 aliphatic carbocycles. The maximum atomic E-state index is 12.1. The molecule has 0 bridgehead atoms. The summed E-state index contributed by atoms with van der Waals surface area (Å²) in [6.07, 6.45) is 3.41.